The largest absolute Gasteiger partial charge is 0.493 e. The summed E-state index contributed by atoms with van der Waals surface area (Å²) in [6.45, 7) is 3.29. The van der Waals surface area contributed by atoms with Crippen molar-refractivity contribution in [3.63, 3.8) is 0 Å². The van der Waals surface area contributed by atoms with Gasteiger partial charge in [0.25, 0.3) is 0 Å². The third-order valence-electron chi connectivity index (χ3n) is 3.43. The Kier molecular flexibility index (Phi) is 6.34. The molecule has 1 atom stereocenters. The van der Waals surface area contributed by atoms with Gasteiger partial charge in [-0.15, -0.1) is 0 Å². The fourth-order valence-electron chi connectivity index (χ4n) is 2.31. The predicted molar refractivity (Wildman–Crippen MR) is 83.0 cm³/mol. The molecule has 0 aromatic heterocycles. The van der Waals surface area contributed by atoms with Gasteiger partial charge in [0, 0.05) is 6.61 Å². The van der Waals surface area contributed by atoms with Crippen molar-refractivity contribution >= 4 is 17.6 Å². The number of rotatable bonds is 6. The smallest absolute Gasteiger partial charge is 0.338 e. The van der Waals surface area contributed by atoms with Crippen LogP contribution in [0.4, 0.5) is 0 Å². The van der Waals surface area contributed by atoms with E-state index in [2.05, 4.69) is 0 Å². The molecule has 1 aliphatic heterocycles. The number of hydrogen-bond donors (Lipinski definition) is 0. The van der Waals surface area contributed by atoms with Crippen molar-refractivity contribution in [3.8, 4) is 11.5 Å². The van der Waals surface area contributed by atoms with Crippen LogP contribution in [-0.4, -0.2) is 39.0 Å². The van der Waals surface area contributed by atoms with E-state index in [0.717, 1.165) is 25.9 Å². The Hall–Kier alpha value is -1.46. The minimum atomic E-state index is -0.447. The van der Waals surface area contributed by atoms with E-state index in [1.807, 2.05) is 6.92 Å². The molecule has 122 valence electrons. The van der Waals surface area contributed by atoms with Gasteiger partial charge in [0.2, 0.25) is 0 Å². The Bertz CT molecular complexity index is 512. The maximum atomic E-state index is 12.1. The Morgan fingerprint density at radius 1 is 1.41 bits per heavy atom. The molecule has 0 saturated carbocycles. The molecule has 1 unspecified atom stereocenters. The van der Waals surface area contributed by atoms with E-state index >= 15 is 0 Å². The van der Waals surface area contributed by atoms with E-state index < -0.39 is 5.97 Å². The summed E-state index contributed by atoms with van der Waals surface area (Å²) in [4.78, 5) is 12.1. The topological polar surface area (TPSA) is 54.0 Å². The number of carbonyl (C=O) groups excluding carboxylic acids is 1. The van der Waals surface area contributed by atoms with Crippen LogP contribution in [0.5, 0.6) is 11.5 Å². The molecule has 0 radical (unpaired) electrons. The standard InChI is InChI=1S/C16H21ClO5/c1-3-20-15-13(17)8-11(9-14(15)19-2)16(18)22-10-12-6-4-5-7-21-12/h8-9,12H,3-7,10H2,1-2H3. The van der Waals surface area contributed by atoms with Gasteiger partial charge in [0.1, 0.15) is 6.61 Å². The Morgan fingerprint density at radius 2 is 2.23 bits per heavy atom. The fourth-order valence-corrected chi connectivity index (χ4v) is 2.58. The first kappa shape index (κ1) is 16.9. The second kappa shape index (κ2) is 8.25. The average Bonchev–Trinajstić information content (AvgIpc) is 2.55. The van der Waals surface area contributed by atoms with E-state index in [4.69, 9.17) is 30.5 Å². The van der Waals surface area contributed by atoms with Crippen molar-refractivity contribution in [2.24, 2.45) is 0 Å². The molecule has 0 bridgehead atoms. The lowest BCUT2D eigenvalue weighted by Gasteiger charge is -2.22. The lowest BCUT2D eigenvalue weighted by molar-refractivity contribution is -0.0300. The van der Waals surface area contributed by atoms with Gasteiger partial charge >= 0.3 is 5.97 Å². The monoisotopic (exact) mass is 328 g/mol. The minimum Gasteiger partial charge on any atom is -0.493 e. The first-order chi connectivity index (χ1) is 10.7. The van der Waals surface area contributed by atoms with Gasteiger partial charge in [0.05, 0.1) is 30.4 Å². The van der Waals surface area contributed by atoms with Gasteiger partial charge in [-0.25, -0.2) is 4.79 Å². The van der Waals surface area contributed by atoms with Gasteiger partial charge in [0.15, 0.2) is 11.5 Å². The summed E-state index contributed by atoms with van der Waals surface area (Å²) in [5.74, 6) is 0.395. The van der Waals surface area contributed by atoms with Crippen LogP contribution in [0.1, 0.15) is 36.5 Å². The molecule has 0 spiro atoms. The molecule has 1 aromatic carbocycles. The summed E-state index contributed by atoms with van der Waals surface area (Å²) >= 11 is 6.15. The zero-order valence-corrected chi connectivity index (χ0v) is 13.6. The molecule has 1 fully saturated rings. The van der Waals surface area contributed by atoms with Gasteiger partial charge in [-0.3, -0.25) is 0 Å². The third-order valence-corrected chi connectivity index (χ3v) is 3.71. The highest BCUT2D eigenvalue weighted by Gasteiger charge is 2.19. The zero-order valence-electron chi connectivity index (χ0n) is 12.9. The zero-order chi connectivity index (χ0) is 15.9. The summed E-state index contributed by atoms with van der Waals surface area (Å²) in [7, 11) is 1.50. The number of benzene rings is 1. The molecule has 6 heteroatoms. The second-order valence-electron chi connectivity index (χ2n) is 5.01. The predicted octanol–water partition coefficient (Wildman–Crippen LogP) is 3.47. The van der Waals surface area contributed by atoms with Crippen molar-refractivity contribution in [2.75, 3.05) is 26.9 Å². The SMILES string of the molecule is CCOc1c(Cl)cc(C(=O)OCC2CCCCO2)cc1OC. The molecule has 1 aromatic rings. The van der Waals surface area contributed by atoms with Crippen LogP contribution in [-0.2, 0) is 9.47 Å². The van der Waals surface area contributed by atoms with Crippen LogP contribution in [0, 0.1) is 0 Å². The Morgan fingerprint density at radius 3 is 2.86 bits per heavy atom. The van der Waals surface area contributed by atoms with Crippen LogP contribution >= 0.6 is 11.6 Å². The van der Waals surface area contributed by atoms with E-state index in [0.29, 0.717) is 28.7 Å². The number of ether oxygens (including phenoxy) is 4. The summed E-state index contributed by atoms with van der Waals surface area (Å²) < 4.78 is 21.5. The molecular weight excluding hydrogens is 308 g/mol. The molecule has 1 heterocycles. The maximum absolute atomic E-state index is 12.1. The first-order valence-corrected chi connectivity index (χ1v) is 7.82. The second-order valence-corrected chi connectivity index (χ2v) is 5.42. The van der Waals surface area contributed by atoms with E-state index in [9.17, 15) is 4.79 Å². The Balaban J connectivity index is 2.04. The summed E-state index contributed by atoms with van der Waals surface area (Å²) in [5, 5.41) is 0.321. The van der Waals surface area contributed by atoms with E-state index in [1.54, 1.807) is 6.07 Å². The summed E-state index contributed by atoms with van der Waals surface area (Å²) in [6.07, 6.45) is 3.07. The number of esters is 1. The van der Waals surface area contributed by atoms with Crippen LogP contribution in [0.3, 0.4) is 0 Å². The van der Waals surface area contributed by atoms with Gasteiger partial charge < -0.3 is 18.9 Å². The van der Waals surface area contributed by atoms with E-state index in [-0.39, 0.29) is 12.7 Å². The fraction of sp³-hybridized carbons (Fsp3) is 0.562. The number of hydrogen-bond acceptors (Lipinski definition) is 5. The van der Waals surface area contributed by atoms with Crippen LogP contribution in [0.15, 0.2) is 12.1 Å². The average molecular weight is 329 g/mol. The van der Waals surface area contributed by atoms with Crippen LogP contribution < -0.4 is 9.47 Å². The number of methoxy groups -OCH3 is 1. The number of halogens is 1. The highest BCUT2D eigenvalue weighted by molar-refractivity contribution is 6.32. The lowest BCUT2D eigenvalue weighted by Crippen LogP contribution is -2.26. The molecule has 0 amide bonds. The minimum absolute atomic E-state index is 0.0160. The highest BCUT2D eigenvalue weighted by Crippen LogP contribution is 2.36. The molecule has 5 nitrogen and oxygen atoms in total. The molecule has 1 saturated heterocycles. The lowest BCUT2D eigenvalue weighted by atomic mass is 10.1. The molecule has 0 N–H and O–H groups in total. The quantitative estimate of drug-likeness (QED) is 0.748. The molecule has 0 aliphatic carbocycles. The third kappa shape index (κ3) is 4.27. The summed E-state index contributed by atoms with van der Waals surface area (Å²) in [6, 6.07) is 3.10. The van der Waals surface area contributed by atoms with Gasteiger partial charge in [-0.05, 0) is 38.3 Å². The van der Waals surface area contributed by atoms with E-state index in [1.165, 1.54) is 13.2 Å². The van der Waals surface area contributed by atoms with Crippen LogP contribution in [0.2, 0.25) is 5.02 Å². The Labute approximate surface area is 135 Å². The van der Waals surface area contributed by atoms with Crippen molar-refractivity contribution in [1.29, 1.82) is 0 Å². The first-order valence-electron chi connectivity index (χ1n) is 7.44. The maximum Gasteiger partial charge on any atom is 0.338 e. The van der Waals surface area contributed by atoms with Crippen molar-refractivity contribution in [3.05, 3.63) is 22.7 Å². The van der Waals surface area contributed by atoms with Gasteiger partial charge in [-0.2, -0.15) is 0 Å². The normalized spacial score (nSPS) is 17.9. The number of carbonyl (C=O) groups is 1. The molecular formula is C16H21ClO5. The van der Waals surface area contributed by atoms with Crippen molar-refractivity contribution in [1.82, 2.24) is 0 Å². The summed E-state index contributed by atoms with van der Waals surface area (Å²) in [5.41, 5.74) is 0.334. The van der Waals surface area contributed by atoms with Crippen molar-refractivity contribution in [2.45, 2.75) is 32.3 Å². The van der Waals surface area contributed by atoms with Gasteiger partial charge in [-0.1, -0.05) is 11.6 Å². The van der Waals surface area contributed by atoms with Crippen molar-refractivity contribution < 1.29 is 23.7 Å². The molecule has 2 rings (SSSR count). The van der Waals surface area contributed by atoms with Crippen LogP contribution in [0.25, 0.3) is 0 Å². The highest BCUT2D eigenvalue weighted by atomic mass is 35.5. The molecule has 1 aliphatic rings. The molecule has 22 heavy (non-hydrogen) atoms.